The Morgan fingerprint density at radius 3 is 1.06 bits per heavy atom. The van der Waals surface area contributed by atoms with Crippen molar-refractivity contribution in [3.63, 3.8) is 0 Å². The summed E-state index contributed by atoms with van der Waals surface area (Å²) in [6.07, 6.45) is 3.39. The fraction of sp³-hybridized carbons (Fsp3) is 0. The summed E-state index contributed by atoms with van der Waals surface area (Å²) in [5.74, 6) is 0.337. The Balaban J connectivity index is 1.22. The molecule has 0 unspecified atom stereocenters. The fourth-order valence-electron chi connectivity index (χ4n) is 5.72. The van der Waals surface area contributed by atoms with Gasteiger partial charge >= 0.3 is 0 Å². The number of phenols is 2. The van der Waals surface area contributed by atoms with Gasteiger partial charge in [-0.1, -0.05) is 127 Å². The molecule has 0 aromatic heterocycles. The first kappa shape index (κ1) is 30.2. The number of benzene rings is 7. The first-order valence-electron chi connectivity index (χ1n) is 15.8. The zero-order valence-corrected chi connectivity index (χ0v) is 26.1. The number of rotatable bonds is 8. The Morgan fingerprint density at radius 2 is 0.688 bits per heavy atom. The molecule has 7 aromatic carbocycles. The maximum atomic E-state index is 11.4. The molecule has 2 N–H and O–H groups in total. The molecule has 0 saturated carbocycles. The molecule has 0 aliphatic rings. The van der Waals surface area contributed by atoms with Crippen molar-refractivity contribution < 1.29 is 10.2 Å². The van der Waals surface area contributed by atoms with Gasteiger partial charge < -0.3 is 10.2 Å². The summed E-state index contributed by atoms with van der Waals surface area (Å²) in [5.41, 5.74) is 9.99. The number of hydrogen-bond donors (Lipinski definition) is 2. The van der Waals surface area contributed by atoms with Crippen molar-refractivity contribution >= 4 is 23.8 Å². The molecular weight excluding hydrogens is 588 g/mol. The molecule has 0 heterocycles. The lowest BCUT2D eigenvalue weighted by atomic mass is 9.95. The van der Waals surface area contributed by atoms with Crippen molar-refractivity contribution in [2.24, 2.45) is 9.98 Å². The van der Waals surface area contributed by atoms with Crippen molar-refractivity contribution in [2.75, 3.05) is 0 Å². The minimum atomic E-state index is 0.168. The lowest BCUT2D eigenvalue weighted by Crippen LogP contribution is -1.90. The molecule has 4 nitrogen and oxygen atoms in total. The summed E-state index contributed by atoms with van der Waals surface area (Å²) in [5, 5.41) is 22.7. The molecule has 0 atom stereocenters. The van der Waals surface area contributed by atoms with Crippen LogP contribution in [0, 0.1) is 0 Å². The molecule has 0 aliphatic heterocycles. The molecule has 0 spiro atoms. The fourth-order valence-corrected chi connectivity index (χ4v) is 5.72. The molecule has 48 heavy (non-hydrogen) atoms. The van der Waals surface area contributed by atoms with E-state index in [4.69, 9.17) is 9.98 Å². The van der Waals surface area contributed by atoms with Crippen LogP contribution in [0.15, 0.2) is 180 Å². The van der Waals surface area contributed by atoms with E-state index in [0.717, 1.165) is 44.5 Å². The Morgan fingerprint density at radius 1 is 0.333 bits per heavy atom. The highest BCUT2D eigenvalue weighted by atomic mass is 16.3. The summed E-state index contributed by atoms with van der Waals surface area (Å²) in [6.45, 7) is 0. The quantitative estimate of drug-likeness (QED) is 0.166. The van der Waals surface area contributed by atoms with Crippen LogP contribution in [-0.2, 0) is 0 Å². The summed E-state index contributed by atoms with van der Waals surface area (Å²) in [6, 6.07) is 55.4. The Hall–Kier alpha value is -6.52. The Labute approximate surface area is 280 Å². The topological polar surface area (TPSA) is 65.2 Å². The zero-order valence-electron chi connectivity index (χ0n) is 26.1. The van der Waals surface area contributed by atoms with E-state index in [1.165, 1.54) is 0 Å². The van der Waals surface area contributed by atoms with E-state index >= 15 is 0 Å². The van der Waals surface area contributed by atoms with Gasteiger partial charge in [0.25, 0.3) is 0 Å². The zero-order chi connectivity index (χ0) is 32.7. The van der Waals surface area contributed by atoms with Crippen LogP contribution in [0.5, 0.6) is 11.5 Å². The van der Waals surface area contributed by atoms with Crippen molar-refractivity contribution in [2.45, 2.75) is 0 Å². The highest BCUT2D eigenvalue weighted by Gasteiger charge is 2.14. The van der Waals surface area contributed by atoms with E-state index in [2.05, 4.69) is 24.3 Å². The third-order valence-electron chi connectivity index (χ3n) is 8.20. The highest BCUT2D eigenvalue weighted by molar-refractivity contribution is 5.94. The van der Waals surface area contributed by atoms with E-state index in [0.29, 0.717) is 22.5 Å². The van der Waals surface area contributed by atoms with E-state index in [1.807, 2.05) is 146 Å². The normalized spacial score (nSPS) is 11.3. The van der Waals surface area contributed by atoms with Crippen LogP contribution < -0.4 is 0 Å². The monoisotopic (exact) mass is 620 g/mol. The third-order valence-corrected chi connectivity index (χ3v) is 8.20. The van der Waals surface area contributed by atoms with Crippen LogP contribution in [0.4, 0.5) is 11.4 Å². The highest BCUT2D eigenvalue weighted by Crippen LogP contribution is 2.38. The van der Waals surface area contributed by atoms with Gasteiger partial charge in [0.2, 0.25) is 0 Å². The van der Waals surface area contributed by atoms with Crippen molar-refractivity contribution in [1.82, 2.24) is 0 Å². The second-order valence-electron chi connectivity index (χ2n) is 11.4. The predicted molar refractivity (Wildman–Crippen MR) is 199 cm³/mol. The van der Waals surface area contributed by atoms with Gasteiger partial charge in [-0.3, -0.25) is 9.98 Å². The standard InChI is InChI=1S/C44H32N2O2/c47-43-37(24-35(31-14-5-1-6-15-31)26-41(43)33-18-9-3-10-19-33)29-45-39-22-13-23-40(28-39)46-30-38-25-36(32-16-7-2-8-17-32)27-42(44(38)48)34-20-11-4-12-21-34/h1-30,47-48H. The summed E-state index contributed by atoms with van der Waals surface area (Å²) in [4.78, 5) is 9.48. The number of nitrogens with zero attached hydrogens (tertiary/aromatic N) is 2. The SMILES string of the molecule is Oc1c(C=Nc2cccc(N=Cc3cc(-c4ccccc4)cc(-c4ccccc4)c3O)c2)cc(-c2ccccc2)cc1-c1ccccc1. The van der Waals surface area contributed by atoms with E-state index in [-0.39, 0.29) is 11.5 Å². The maximum absolute atomic E-state index is 11.4. The first-order valence-corrected chi connectivity index (χ1v) is 15.8. The molecule has 0 radical (unpaired) electrons. The predicted octanol–water partition coefficient (Wildman–Crippen LogP) is 11.3. The van der Waals surface area contributed by atoms with Crippen LogP contribution in [0.2, 0.25) is 0 Å². The second-order valence-corrected chi connectivity index (χ2v) is 11.4. The minimum absolute atomic E-state index is 0.168. The van der Waals surface area contributed by atoms with Gasteiger partial charge in [-0.25, -0.2) is 0 Å². The van der Waals surface area contributed by atoms with E-state index < -0.39 is 0 Å². The van der Waals surface area contributed by atoms with Crippen LogP contribution in [-0.4, -0.2) is 22.6 Å². The average Bonchev–Trinajstić information content (AvgIpc) is 3.15. The lowest BCUT2D eigenvalue weighted by Gasteiger charge is -2.12. The molecule has 0 amide bonds. The molecule has 0 saturated heterocycles. The van der Waals surface area contributed by atoms with E-state index in [9.17, 15) is 10.2 Å². The molecule has 7 rings (SSSR count). The molecule has 230 valence electrons. The number of aliphatic imine (C=N–C) groups is 2. The van der Waals surface area contributed by atoms with Crippen LogP contribution >= 0.6 is 0 Å². The number of hydrogen-bond acceptors (Lipinski definition) is 4. The minimum Gasteiger partial charge on any atom is -0.507 e. The Kier molecular flexibility index (Phi) is 8.70. The third kappa shape index (κ3) is 6.69. The maximum Gasteiger partial charge on any atom is 0.132 e. The van der Waals surface area contributed by atoms with Gasteiger partial charge in [-0.2, -0.15) is 0 Å². The van der Waals surface area contributed by atoms with Gasteiger partial charge in [-0.15, -0.1) is 0 Å². The smallest absolute Gasteiger partial charge is 0.132 e. The molecule has 0 aliphatic carbocycles. The van der Waals surface area contributed by atoms with Crippen molar-refractivity contribution in [3.8, 4) is 56.0 Å². The summed E-state index contributed by atoms with van der Waals surface area (Å²) >= 11 is 0. The van der Waals surface area contributed by atoms with Gasteiger partial charge in [0.05, 0.1) is 11.4 Å². The molecular formula is C44H32N2O2. The molecule has 7 aromatic rings. The average molecular weight is 621 g/mol. The summed E-state index contributed by atoms with van der Waals surface area (Å²) in [7, 11) is 0. The molecule has 0 bridgehead atoms. The molecule has 0 fully saturated rings. The van der Waals surface area contributed by atoms with Crippen LogP contribution in [0.25, 0.3) is 44.5 Å². The number of aromatic hydroxyl groups is 2. The van der Waals surface area contributed by atoms with Gasteiger partial charge in [-0.05, 0) is 75.8 Å². The van der Waals surface area contributed by atoms with Gasteiger partial charge in [0, 0.05) is 34.7 Å². The second kappa shape index (κ2) is 13.9. The largest absolute Gasteiger partial charge is 0.507 e. The van der Waals surface area contributed by atoms with Gasteiger partial charge in [0.1, 0.15) is 11.5 Å². The molecule has 4 heteroatoms. The first-order chi connectivity index (χ1) is 23.6. The van der Waals surface area contributed by atoms with Crippen LogP contribution in [0.3, 0.4) is 0 Å². The van der Waals surface area contributed by atoms with E-state index in [1.54, 1.807) is 12.4 Å². The van der Waals surface area contributed by atoms with Gasteiger partial charge in [0.15, 0.2) is 0 Å². The number of phenolic OH excluding ortho intramolecular Hbond substituents is 2. The lowest BCUT2D eigenvalue weighted by molar-refractivity contribution is 0.476. The van der Waals surface area contributed by atoms with Crippen LogP contribution in [0.1, 0.15) is 11.1 Å². The van der Waals surface area contributed by atoms with Crippen molar-refractivity contribution in [3.05, 3.63) is 181 Å². The Bertz CT molecular complexity index is 2070. The summed E-state index contributed by atoms with van der Waals surface area (Å²) < 4.78 is 0. The van der Waals surface area contributed by atoms with Crippen molar-refractivity contribution in [1.29, 1.82) is 0 Å².